The monoisotopic (exact) mass is 165 g/mol. The van der Waals surface area contributed by atoms with Gasteiger partial charge in [-0.15, -0.1) is 0 Å². The van der Waals surface area contributed by atoms with Crippen molar-refractivity contribution in [3.63, 3.8) is 0 Å². The van der Waals surface area contributed by atoms with Crippen LogP contribution in [0.2, 0.25) is 0 Å². The third-order valence-electron chi connectivity index (χ3n) is 0.471. The van der Waals surface area contributed by atoms with Gasteiger partial charge in [-0.05, 0) is 0 Å². The van der Waals surface area contributed by atoms with E-state index in [-0.39, 0.29) is 48.7 Å². The second kappa shape index (κ2) is 16.0. The van der Waals surface area contributed by atoms with Crippen LogP contribution in [-0.4, -0.2) is 59.7 Å². The van der Waals surface area contributed by atoms with Gasteiger partial charge in [0.25, 0.3) is 0 Å². The van der Waals surface area contributed by atoms with Crippen molar-refractivity contribution in [1.82, 2.24) is 0 Å². The molecule has 0 aliphatic heterocycles. The zero-order valence-electron chi connectivity index (χ0n) is 5.22. The van der Waals surface area contributed by atoms with Crippen LogP contribution in [0, 0.1) is 0 Å². The molecule has 0 heterocycles. The van der Waals surface area contributed by atoms with Crippen molar-refractivity contribution in [2.24, 2.45) is 0 Å². The van der Waals surface area contributed by atoms with Crippen molar-refractivity contribution in [3.05, 3.63) is 0 Å². The van der Waals surface area contributed by atoms with Crippen molar-refractivity contribution >= 4 is 23.1 Å². The van der Waals surface area contributed by atoms with E-state index in [1.807, 2.05) is 0 Å². The largest absolute Gasteiger partial charge is 2.00 e. The third-order valence-corrected chi connectivity index (χ3v) is 0.471. The zero-order valence-corrected chi connectivity index (χ0v) is 7.39. The van der Waals surface area contributed by atoms with Crippen LogP contribution >= 0.6 is 0 Å². The van der Waals surface area contributed by atoms with Crippen molar-refractivity contribution in [1.29, 1.82) is 0 Å². The van der Waals surface area contributed by atoms with Gasteiger partial charge in [0.2, 0.25) is 0 Å². The average molecular weight is 166 g/mol. The molecule has 0 saturated heterocycles. The molecule has 2 N–H and O–H groups in total. The van der Waals surface area contributed by atoms with Crippen LogP contribution in [-0.2, 0) is 4.74 Å². The van der Waals surface area contributed by atoms with Gasteiger partial charge in [-0.3, -0.25) is 0 Å². The van der Waals surface area contributed by atoms with Crippen LogP contribution in [0.5, 0.6) is 0 Å². The van der Waals surface area contributed by atoms with Crippen LogP contribution in [0.15, 0.2) is 0 Å². The van der Waals surface area contributed by atoms with Crippen LogP contribution < -0.4 is 12.4 Å². The summed E-state index contributed by atoms with van der Waals surface area (Å²) in [6, 6.07) is 0. The topological polar surface area (TPSA) is 49.7 Å². The Labute approximate surface area is 77.0 Å². The van der Waals surface area contributed by atoms with Gasteiger partial charge in [0.05, 0.1) is 26.4 Å². The number of halogens is 1. The number of rotatable bonds is 4. The first-order chi connectivity index (χ1) is 3.41. The smallest absolute Gasteiger partial charge is 1.00 e. The number of ether oxygens (including phenoxy) is 1. The minimum absolute atomic E-state index is 0. The van der Waals surface area contributed by atoms with Crippen LogP contribution in [0.4, 0.5) is 0 Å². The first-order valence-corrected chi connectivity index (χ1v) is 2.21. The minimum Gasteiger partial charge on any atom is -1.00 e. The first-order valence-electron chi connectivity index (χ1n) is 2.21. The maximum atomic E-state index is 8.09. The summed E-state index contributed by atoms with van der Waals surface area (Å²) < 4.78 is 4.63. The van der Waals surface area contributed by atoms with E-state index in [0.717, 1.165) is 0 Å². The number of aliphatic hydroxyl groups is 2. The third kappa shape index (κ3) is 17.6. The van der Waals surface area contributed by atoms with Crippen LogP contribution in [0.25, 0.3) is 0 Å². The summed E-state index contributed by atoms with van der Waals surface area (Å²) in [5.74, 6) is 0. The molecule has 0 unspecified atom stereocenters. The molecule has 0 bridgehead atoms. The summed E-state index contributed by atoms with van der Waals surface area (Å²) in [4.78, 5) is 0. The molecule has 0 radical (unpaired) electrons. The van der Waals surface area contributed by atoms with Gasteiger partial charge in [0.15, 0.2) is 0 Å². The fourth-order valence-corrected chi connectivity index (χ4v) is 0.231. The van der Waals surface area contributed by atoms with Gasteiger partial charge in [0, 0.05) is 0 Å². The van der Waals surface area contributed by atoms with E-state index >= 15 is 0 Å². The molecule has 0 amide bonds. The Morgan fingerprint density at radius 1 is 1.00 bits per heavy atom. The molecule has 0 fully saturated rings. The van der Waals surface area contributed by atoms with Crippen molar-refractivity contribution in [3.8, 4) is 0 Å². The van der Waals surface area contributed by atoms with E-state index in [1.54, 1.807) is 0 Å². The van der Waals surface area contributed by atoms with Crippen LogP contribution in [0.1, 0.15) is 0 Å². The molecule has 0 atom stereocenters. The maximum absolute atomic E-state index is 8.09. The molecule has 0 aromatic heterocycles. The quantitative estimate of drug-likeness (QED) is 0.327. The Balaban J connectivity index is -0.000000180. The molecule has 0 spiro atoms. The minimum atomic E-state index is 0. The average Bonchev–Trinajstić information content (AvgIpc) is 1.69. The van der Waals surface area contributed by atoms with E-state index < -0.39 is 0 Å². The molecule has 0 aliphatic carbocycles. The Bertz CT molecular complexity index is 35.0. The fourth-order valence-electron chi connectivity index (χ4n) is 0.231. The van der Waals surface area contributed by atoms with E-state index in [2.05, 4.69) is 4.74 Å². The second-order valence-corrected chi connectivity index (χ2v) is 1.06. The molecular weight excluding hydrogens is 156 g/mol. The second-order valence-electron chi connectivity index (χ2n) is 1.06. The van der Waals surface area contributed by atoms with Gasteiger partial charge < -0.3 is 27.4 Å². The Morgan fingerprint density at radius 2 is 1.33 bits per heavy atom. The molecule has 52 valence electrons. The summed E-state index contributed by atoms with van der Waals surface area (Å²) in [5, 5.41) is 16.2. The standard InChI is InChI=1S/C4H10O3.ClH.Mg/c5-1-3-7-4-2-6;;/h5-6H,1-4H2;1H;/q;;+2/p-1. The van der Waals surface area contributed by atoms with E-state index in [0.29, 0.717) is 13.2 Å². The zero-order chi connectivity index (χ0) is 5.54. The van der Waals surface area contributed by atoms with Gasteiger partial charge in [0.1, 0.15) is 0 Å². The molecule has 0 saturated carbocycles. The van der Waals surface area contributed by atoms with Gasteiger partial charge in [-0.2, -0.15) is 0 Å². The van der Waals surface area contributed by atoms with E-state index in [1.165, 1.54) is 0 Å². The maximum Gasteiger partial charge on any atom is 2.00 e. The first kappa shape index (κ1) is 16.5. The molecule has 0 aliphatic rings. The fraction of sp³-hybridized carbons (Fsp3) is 1.00. The van der Waals surface area contributed by atoms with E-state index in [9.17, 15) is 0 Å². The number of hydrogen-bond donors (Lipinski definition) is 2. The van der Waals surface area contributed by atoms with Crippen molar-refractivity contribution in [2.45, 2.75) is 0 Å². The number of hydrogen-bond acceptors (Lipinski definition) is 3. The summed E-state index contributed by atoms with van der Waals surface area (Å²) in [6.07, 6.45) is 0. The molecule has 0 aromatic carbocycles. The molecule has 0 rings (SSSR count). The Kier molecular flexibility index (Phi) is 29.3. The van der Waals surface area contributed by atoms with Gasteiger partial charge >= 0.3 is 23.1 Å². The summed E-state index contributed by atoms with van der Waals surface area (Å²) in [6.45, 7) is 0.696. The summed E-state index contributed by atoms with van der Waals surface area (Å²) in [5.41, 5.74) is 0. The molecule has 0 aromatic rings. The molecule has 3 nitrogen and oxygen atoms in total. The van der Waals surface area contributed by atoms with E-state index in [4.69, 9.17) is 10.2 Å². The molecule has 9 heavy (non-hydrogen) atoms. The van der Waals surface area contributed by atoms with Crippen LogP contribution in [0.3, 0.4) is 0 Å². The van der Waals surface area contributed by atoms with Gasteiger partial charge in [-0.25, -0.2) is 0 Å². The Hall–Kier alpha value is 0.936. The predicted octanol–water partition coefficient (Wildman–Crippen LogP) is -4.39. The van der Waals surface area contributed by atoms with Crippen molar-refractivity contribution < 1.29 is 27.4 Å². The summed E-state index contributed by atoms with van der Waals surface area (Å²) in [7, 11) is 0. The Morgan fingerprint density at radius 3 is 1.56 bits per heavy atom. The van der Waals surface area contributed by atoms with Crippen molar-refractivity contribution in [2.75, 3.05) is 26.4 Å². The summed E-state index contributed by atoms with van der Waals surface area (Å²) >= 11 is 0. The van der Waals surface area contributed by atoms with Gasteiger partial charge in [-0.1, -0.05) is 0 Å². The number of aliphatic hydroxyl groups excluding tert-OH is 2. The molecule has 5 heteroatoms. The molecular formula is C4H10ClMgO3+. The predicted molar refractivity (Wildman–Crippen MR) is 30.7 cm³/mol. The normalized spacial score (nSPS) is 7.33. The SMILES string of the molecule is OCCOCCO.[Cl-].[Mg+2].